The summed E-state index contributed by atoms with van der Waals surface area (Å²) in [7, 11) is 0. The summed E-state index contributed by atoms with van der Waals surface area (Å²) in [6.45, 7) is 2.18. The number of rotatable bonds is 5. The summed E-state index contributed by atoms with van der Waals surface area (Å²) >= 11 is 0. The van der Waals surface area contributed by atoms with Gasteiger partial charge in [0.2, 0.25) is 5.60 Å². The van der Waals surface area contributed by atoms with Crippen molar-refractivity contribution in [2.24, 2.45) is 10.6 Å². The predicted octanol–water partition coefficient (Wildman–Crippen LogP) is 1.60. The highest BCUT2D eigenvalue weighted by molar-refractivity contribution is 6.05. The van der Waals surface area contributed by atoms with Crippen LogP contribution < -0.4 is 5.32 Å². The lowest BCUT2D eigenvalue weighted by molar-refractivity contribution is -0.142. The van der Waals surface area contributed by atoms with Crippen LogP contribution in [-0.4, -0.2) is 35.5 Å². The molecular formula is C16H19FN2O3. The monoisotopic (exact) mass is 306 g/mol. The van der Waals surface area contributed by atoms with Crippen LogP contribution >= 0.6 is 0 Å². The fraction of sp³-hybridized carbons (Fsp3) is 0.500. The smallest absolute Gasteiger partial charge is 0.267 e. The second-order valence-electron chi connectivity index (χ2n) is 6.39. The molecule has 1 aliphatic carbocycles. The molecule has 22 heavy (non-hydrogen) atoms. The zero-order chi connectivity index (χ0) is 15.8. The third-order valence-electron chi connectivity index (χ3n) is 4.42. The predicted molar refractivity (Wildman–Crippen MR) is 78.8 cm³/mol. The molecule has 1 saturated carbocycles. The van der Waals surface area contributed by atoms with E-state index in [0.29, 0.717) is 17.8 Å². The van der Waals surface area contributed by atoms with Crippen LogP contribution in [0.2, 0.25) is 0 Å². The summed E-state index contributed by atoms with van der Waals surface area (Å²) in [6, 6.07) is 6.06. The van der Waals surface area contributed by atoms with Gasteiger partial charge in [0.05, 0.1) is 12.3 Å². The lowest BCUT2D eigenvalue weighted by atomic mass is 9.94. The van der Waals surface area contributed by atoms with Gasteiger partial charge in [0, 0.05) is 23.9 Å². The van der Waals surface area contributed by atoms with E-state index in [2.05, 4.69) is 10.5 Å². The molecule has 2 N–H and O–H groups in total. The van der Waals surface area contributed by atoms with Crippen LogP contribution in [0.15, 0.2) is 29.4 Å². The topological polar surface area (TPSA) is 70.9 Å². The molecule has 0 spiro atoms. The van der Waals surface area contributed by atoms with Crippen LogP contribution in [0.1, 0.15) is 31.7 Å². The van der Waals surface area contributed by atoms with Crippen molar-refractivity contribution in [3.05, 3.63) is 35.6 Å². The van der Waals surface area contributed by atoms with E-state index < -0.39 is 5.60 Å². The molecule has 1 heterocycles. The lowest BCUT2D eigenvalue weighted by Crippen LogP contribution is -2.46. The molecule has 2 aliphatic rings. The highest BCUT2D eigenvalue weighted by Crippen LogP contribution is 2.44. The number of hydrogen-bond donors (Lipinski definition) is 2. The second-order valence-corrected chi connectivity index (χ2v) is 6.39. The quantitative estimate of drug-likeness (QED) is 0.868. The minimum Gasteiger partial charge on any atom is -0.396 e. The Balaban J connectivity index is 1.62. The molecule has 1 aliphatic heterocycles. The van der Waals surface area contributed by atoms with Crippen molar-refractivity contribution in [1.82, 2.24) is 5.32 Å². The van der Waals surface area contributed by atoms with E-state index in [1.807, 2.05) is 0 Å². The number of carbonyl (C=O) groups excluding carboxylic acids is 1. The van der Waals surface area contributed by atoms with Crippen LogP contribution in [0, 0.1) is 11.2 Å². The van der Waals surface area contributed by atoms with Gasteiger partial charge in [-0.1, -0.05) is 17.3 Å². The molecule has 0 radical (unpaired) electrons. The summed E-state index contributed by atoms with van der Waals surface area (Å²) in [5.41, 5.74) is -0.0738. The molecule has 0 aromatic heterocycles. The van der Waals surface area contributed by atoms with Crippen molar-refractivity contribution in [2.45, 2.75) is 31.8 Å². The molecule has 5 nitrogen and oxygen atoms in total. The number of amides is 1. The number of nitrogens with one attached hydrogen (secondary N) is 1. The highest BCUT2D eigenvalue weighted by Gasteiger charge is 2.46. The zero-order valence-electron chi connectivity index (χ0n) is 12.4. The van der Waals surface area contributed by atoms with E-state index in [1.165, 1.54) is 12.1 Å². The van der Waals surface area contributed by atoms with Crippen LogP contribution in [0.4, 0.5) is 4.39 Å². The maximum atomic E-state index is 13.3. The van der Waals surface area contributed by atoms with Gasteiger partial charge in [-0.15, -0.1) is 0 Å². The first kappa shape index (κ1) is 15.0. The van der Waals surface area contributed by atoms with Gasteiger partial charge >= 0.3 is 0 Å². The molecule has 1 unspecified atom stereocenters. The second kappa shape index (κ2) is 5.35. The molecule has 1 atom stereocenters. The molecule has 0 bridgehead atoms. The Bertz CT molecular complexity index is 628. The Morgan fingerprint density at radius 3 is 2.91 bits per heavy atom. The Hall–Kier alpha value is -1.95. The van der Waals surface area contributed by atoms with Crippen LogP contribution in [0.25, 0.3) is 0 Å². The minimum atomic E-state index is -1.09. The van der Waals surface area contributed by atoms with Gasteiger partial charge in [-0.25, -0.2) is 4.39 Å². The molecule has 1 amide bonds. The van der Waals surface area contributed by atoms with E-state index in [1.54, 1.807) is 19.1 Å². The van der Waals surface area contributed by atoms with Crippen molar-refractivity contribution in [3.8, 4) is 0 Å². The Morgan fingerprint density at radius 1 is 1.50 bits per heavy atom. The van der Waals surface area contributed by atoms with Crippen LogP contribution in [-0.2, 0) is 9.63 Å². The first-order valence-electron chi connectivity index (χ1n) is 7.37. The summed E-state index contributed by atoms with van der Waals surface area (Å²) in [5.74, 6) is -0.612. The summed E-state index contributed by atoms with van der Waals surface area (Å²) in [6.07, 6.45) is 2.13. The number of aliphatic hydroxyl groups excluding tert-OH is 1. The van der Waals surface area contributed by atoms with E-state index in [4.69, 9.17) is 4.84 Å². The molecule has 118 valence electrons. The Labute approximate surface area is 128 Å². The average Bonchev–Trinajstić information content (AvgIpc) is 3.19. The van der Waals surface area contributed by atoms with E-state index in [9.17, 15) is 14.3 Å². The third-order valence-corrected chi connectivity index (χ3v) is 4.42. The molecular weight excluding hydrogens is 287 g/mol. The van der Waals surface area contributed by atoms with Gasteiger partial charge in [0.15, 0.2) is 0 Å². The molecule has 0 saturated heterocycles. The first-order chi connectivity index (χ1) is 10.5. The minimum absolute atomic E-state index is 0.0793. The number of benzene rings is 1. The molecule has 1 aromatic carbocycles. The van der Waals surface area contributed by atoms with Crippen molar-refractivity contribution in [2.75, 3.05) is 13.2 Å². The summed E-state index contributed by atoms with van der Waals surface area (Å²) < 4.78 is 13.3. The molecule has 6 heteroatoms. The lowest BCUT2D eigenvalue weighted by Gasteiger charge is -2.22. The van der Waals surface area contributed by atoms with Crippen molar-refractivity contribution >= 4 is 11.6 Å². The first-order valence-corrected chi connectivity index (χ1v) is 7.37. The zero-order valence-corrected chi connectivity index (χ0v) is 12.4. The number of carbonyl (C=O) groups is 1. The van der Waals surface area contributed by atoms with Gasteiger partial charge < -0.3 is 15.3 Å². The fourth-order valence-electron chi connectivity index (χ4n) is 2.51. The summed E-state index contributed by atoms with van der Waals surface area (Å²) in [5, 5.41) is 16.0. The SMILES string of the molecule is CC1(C(=O)NCC2(CO)CC2)CC(c2cccc(F)c2)=NO1. The highest BCUT2D eigenvalue weighted by atomic mass is 19.1. The van der Waals surface area contributed by atoms with Gasteiger partial charge in [-0.2, -0.15) is 0 Å². The number of aliphatic hydroxyl groups is 1. The van der Waals surface area contributed by atoms with Crippen molar-refractivity contribution in [3.63, 3.8) is 0 Å². The van der Waals surface area contributed by atoms with Crippen molar-refractivity contribution in [1.29, 1.82) is 0 Å². The standard InChI is InChI=1S/C16H19FN2O3/c1-15(14(21)18-9-16(10-20)5-6-16)8-13(19-22-15)11-3-2-4-12(17)7-11/h2-4,7,20H,5-6,8-10H2,1H3,(H,18,21). The molecule has 1 aromatic rings. The van der Waals surface area contributed by atoms with Gasteiger partial charge in [0.1, 0.15) is 5.82 Å². The largest absolute Gasteiger partial charge is 0.396 e. The van der Waals surface area contributed by atoms with Crippen LogP contribution in [0.5, 0.6) is 0 Å². The Morgan fingerprint density at radius 2 is 2.27 bits per heavy atom. The average molecular weight is 306 g/mol. The maximum absolute atomic E-state index is 13.3. The number of nitrogens with zero attached hydrogens (tertiary/aromatic N) is 1. The Kier molecular flexibility index (Phi) is 3.64. The molecule has 3 rings (SSSR count). The molecule has 1 fully saturated rings. The van der Waals surface area contributed by atoms with Crippen molar-refractivity contribution < 1.29 is 19.1 Å². The van der Waals surface area contributed by atoms with E-state index in [-0.39, 0.29) is 30.2 Å². The van der Waals surface area contributed by atoms with Gasteiger partial charge in [-0.3, -0.25) is 4.79 Å². The van der Waals surface area contributed by atoms with Crippen LogP contribution in [0.3, 0.4) is 0 Å². The van der Waals surface area contributed by atoms with Gasteiger partial charge in [0.25, 0.3) is 5.91 Å². The number of hydrogen-bond acceptors (Lipinski definition) is 4. The van der Waals surface area contributed by atoms with E-state index in [0.717, 1.165) is 12.8 Å². The number of halogens is 1. The fourth-order valence-corrected chi connectivity index (χ4v) is 2.51. The normalized spacial score (nSPS) is 25.3. The summed E-state index contributed by atoms with van der Waals surface area (Å²) in [4.78, 5) is 17.7. The number of oxime groups is 1. The maximum Gasteiger partial charge on any atom is 0.267 e. The third kappa shape index (κ3) is 2.83. The van der Waals surface area contributed by atoms with E-state index >= 15 is 0 Å². The van der Waals surface area contributed by atoms with Gasteiger partial charge in [-0.05, 0) is 31.9 Å².